The predicted molar refractivity (Wildman–Crippen MR) is 100 cm³/mol. The van der Waals surface area contributed by atoms with Crippen molar-refractivity contribution in [1.29, 1.82) is 0 Å². The van der Waals surface area contributed by atoms with E-state index in [0.29, 0.717) is 6.42 Å². The van der Waals surface area contributed by atoms with Crippen LogP contribution in [0.1, 0.15) is 24.0 Å². The Balaban J connectivity index is 1.57. The molecule has 1 aliphatic rings. The van der Waals surface area contributed by atoms with Crippen LogP contribution in [0.5, 0.6) is 5.75 Å². The summed E-state index contributed by atoms with van der Waals surface area (Å²) in [6.07, 6.45) is 2.68. The van der Waals surface area contributed by atoms with Crippen LogP contribution in [0, 0.1) is 6.92 Å². The van der Waals surface area contributed by atoms with Gasteiger partial charge in [0, 0.05) is 29.3 Å². The fraction of sp³-hybridized carbons (Fsp3) is 0.350. The maximum absolute atomic E-state index is 12.6. The number of carbonyl (C=O) groups excluding carboxylic acids is 1. The lowest BCUT2D eigenvalue weighted by molar-refractivity contribution is -0.118. The highest BCUT2D eigenvalue weighted by molar-refractivity contribution is 7.99. The van der Waals surface area contributed by atoms with E-state index in [1.165, 1.54) is 16.0 Å². The number of carbonyl (C=O) groups is 1. The number of benzene rings is 2. The summed E-state index contributed by atoms with van der Waals surface area (Å²) in [6, 6.07) is 14.4. The van der Waals surface area contributed by atoms with Crippen molar-refractivity contribution in [2.45, 2.75) is 31.1 Å². The van der Waals surface area contributed by atoms with E-state index in [2.05, 4.69) is 25.1 Å². The van der Waals surface area contributed by atoms with Gasteiger partial charge in [0.2, 0.25) is 5.91 Å². The Morgan fingerprint density at radius 1 is 1.21 bits per heavy atom. The second-order valence-corrected chi connectivity index (χ2v) is 7.22. The molecule has 0 atom stereocenters. The van der Waals surface area contributed by atoms with Crippen LogP contribution in [-0.4, -0.2) is 25.3 Å². The highest BCUT2D eigenvalue weighted by Gasteiger charge is 2.22. The zero-order valence-corrected chi connectivity index (χ0v) is 15.1. The smallest absolute Gasteiger partial charge is 0.227 e. The van der Waals surface area contributed by atoms with Gasteiger partial charge in [-0.25, -0.2) is 0 Å². The van der Waals surface area contributed by atoms with Gasteiger partial charge in [-0.05, 0) is 55.7 Å². The monoisotopic (exact) mass is 341 g/mol. The summed E-state index contributed by atoms with van der Waals surface area (Å²) < 4.78 is 5.16. The van der Waals surface area contributed by atoms with Crippen LogP contribution in [0.15, 0.2) is 47.4 Å². The topological polar surface area (TPSA) is 29.5 Å². The number of anilines is 1. The summed E-state index contributed by atoms with van der Waals surface area (Å²) >= 11 is 1.71. The Morgan fingerprint density at radius 2 is 2.00 bits per heavy atom. The van der Waals surface area contributed by atoms with E-state index in [9.17, 15) is 4.79 Å². The molecule has 0 saturated heterocycles. The van der Waals surface area contributed by atoms with Gasteiger partial charge in [-0.15, -0.1) is 11.8 Å². The summed E-state index contributed by atoms with van der Waals surface area (Å²) in [5, 5.41) is 0. The number of nitrogens with zero attached hydrogens (tertiary/aromatic N) is 1. The van der Waals surface area contributed by atoms with E-state index in [0.717, 1.165) is 36.6 Å². The molecule has 3 rings (SSSR count). The zero-order chi connectivity index (χ0) is 16.9. The second-order valence-electron chi connectivity index (χ2n) is 6.06. The van der Waals surface area contributed by atoms with Crippen LogP contribution in [0.3, 0.4) is 0 Å². The first-order chi connectivity index (χ1) is 11.7. The van der Waals surface area contributed by atoms with Crippen LogP contribution in [-0.2, 0) is 11.2 Å². The summed E-state index contributed by atoms with van der Waals surface area (Å²) in [6.45, 7) is 2.94. The molecular formula is C20H23NO2S. The molecule has 1 aliphatic heterocycles. The number of hydrogen-bond donors (Lipinski definition) is 0. The van der Waals surface area contributed by atoms with Gasteiger partial charge in [0.05, 0.1) is 7.11 Å². The molecule has 4 heteroatoms. The van der Waals surface area contributed by atoms with Gasteiger partial charge >= 0.3 is 0 Å². The normalized spacial score (nSPS) is 13.5. The maximum atomic E-state index is 12.6. The van der Waals surface area contributed by atoms with Crippen molar-refractivity contribution < 1.29 is 9.53 Å². The molecule has 2 aromatic carbocycles. The van der Waals surface area contributed by atoms with E-state index < -0.39 is 0 Å². The van der Waals surface area contributed by atoms with Crippen LogP contribution < -0.4 is 9.64 Å². The average Bonchev–Trinajstić information content (AvgIpc) is 2.61. The lowest BCUT2D eigenvalue weighted by Crippen LogP contribution is -2.35. The SMILES string of the molecule is COc1ccc(SCCC(=O)N2CCCc3cc(C)ccc32)cc1. The number of fused-ring (bicyclic) bond motifs is 1. The molecule has 0 bridgehead atoms. The van der Waals surface area contributed by atoms with Gasteiger partial charge in [-0.1, -0.05) is 17.7 Å². The summed E-state index contributed by atoms with van der Waals surface area (Å²) in [7, 11) is 1.67. The molecule has 1 amide bonds. The van der Waals surface area contributed by atoms with Gasteiger partial charge < -0.3 is 9.64 Å². The summed E-state index contributed by atoms with van der Waals surface area (Å²) in [5.41, 5.74) is 3.67. The van der Waals surface area contributed by atoms with Crippen molar-refractivity contribution in [1.82, 2.24) is 0 Å². The molecule has 3 nitrogen and oxygen atoms in total. The van der Waals surface area contributed by atoms with Crippen molar-refractivity contribution in [3.05, 3.63) is 53.6 Å². The molecule has 0 unspecified atom stereocenters. The number of methoxy groups -OCH3 is 1. The number of ether oxygens (including phenoxy) is 1. The molecule has 0 saturated carbocycles. The average molecular weight is 341 g/mol. The Hall–Kier alpha value is -1.94. The van der Waals surface area contributed by atoms with Crippen LogP contribution >= 0.6 is 11.8 Å². The molecule has 126 valence electrons. The highest BCUT2D eigenvalue weighted by Crippen LogP contribution is 2.29. The standard InChI is InChI=1S/C20H23NO2S/c1-15-5-10-19-16(14-15)4-3-12-21(19)20(22)11-13-24-18-8-6-17(23-2)7-9-18/h5-10,14H,3-4,11-13H2,1-2H3. The zero-order valence-electron chi connectivity index (χ0n) is 14.2. The minimum atomic E-state index is 0.223. The van der Waals surface area contributed by atoms with Crippen molar-refractivity contribution in [3.63, 3.8) is 0 Å². The van der Waals surface area contributed by atoms with Crippen molar-refractivity contribution in [2.75, 3.05) is 24.3 Å². The molecule has 24 heavy (non-hydrogen) atoms. The number of amides is 1. The first-order valence-corrected chi connectivity index (χ1v) is 9.32. The van der Waals surface area contributed by atoms with Gasteiger partial charge in [0.25, 0.3) is 0 Å². The Bertz CT molecular complexity index is 712. The molecule has 0 aliphatic carbocycles. The molecule has 0 fully saturated rings. The lowest BCUT2D eigenvalue weighted by atomic mass is 9.99. The predicted octanol–water partition coefficient (Wildman–Crippen LogP) is 4.47. The Kier molecular flexibility index (Phi) is 5.46. The highest BCUT2D eigenvalue weighted by atomic mass is 32.2. The largest absolute Gasteiger partial charge is 0.497 e. The molecule has 0 radical (unpaired) electrons. The molecular weight excluding hydrogens is 318 g/mol. The first kappa shape index (κ1) is 16.9. The first-order valence-electron chi connectivity index (χ1n) is 8.34. The lowest BCUT2D eigenvalue weighted by Gasteiger charge is -2.30. The second kappa shape index (κ2) is 7.75. The number of rotatable bonds is 5. The van der Waals surface area contributed by atoms with E-state index in [1.807, 2.05) is 29.2 Å². The summed E-state index contributed by atoms with van der Waals surface area (Å²) in [5.74, 6) is 1.87. The van der Waals surface area contributed by atoms with Gasteiger partial charge in [-0.3, -0.25) is 4.79 Å². The molecule has 0 N–H and O–H groups in total. The molecule has 2 aromatic rings. The molecule has 0 aromatic heterocycles. The molecule has 1 heterocycles. The molecule has 0 spiro atoms. The third-order valence-corrected chi connectivity index (χ3v) is 5.31. The van der Waals surface area contributed by atoms with Crippen LogP contribution in [0.25, 0.3) is 0 Å². The minimum absolute atomic E-state index is 0.223. The number of thioether (sulfide) groups is 1. The van der Waals surface area contributed by atoms with E-state index in [1.54, 1.807) is 18.9 Å². The van der Waals surface area contributed by atoms with Crippen LogP contribution in [0.2, 0.25) is 0 Å². The third-order valence-electron chi connectivity index (χ3n) is 4.30. The van der Waals surface area contributed by atoms with Crippen molar-refractivity contribution in [2.24, 2.45) is 0 Å². The maximum Gasteiger partial charge on any atom is 0.227 e. The number of hydrogen-bond acceptors (Lipinski definition) is 3. The van der Waals surface area contributed by atoms with Gasteiger partial charge in [0.1, 0.15) is 5.75 Å². The quantitative estimate of drug-likeness (QED) is 0.752. The van der Waals surface area contributed by atoms with Gasteiger partial charge in [-0.2, -0.15) is 0 Å². The Morgan fingerprint density at radius 3 is 2.75 bits per heavy atom. The van der Waals surface area contributed by atoms with E-state index >= 15 is 0 Å². The van der Waals surface area contributed by atoms with Crippen LogP contribution in [0.4, 0.5) is 5.69 Å². The minimum Gasteiger partial charge on any atom is -0.497 e. The van der Waals surface area contributed by atoms with E-state index in [-0.39, 0.29) is 5.91 Å². The van der Waals surface area contributed by atoms with Gasteiger partial charge in [0.15, 0.2) is 0 Å². The van der Waals surface area contributed by atoms with Crippen molar-refractivity contribution >= 4 is 23.4 Å². The Labute approximate surface area is 148 Å². The van der Waals surface area contributed by atoms with Crippen molar-refractivity contribution in [3.8, 4) is 5.75 Å². The fourth-order valence-electron chi connectivity index (χ4n) is 3.05. The van der Waals surface area contributed by atoms with E-state index in [4.69, 9.17) is 4.74 Å². The number of aryl methyl sites for hydroxylation is 2. The fourth-order valence-corrected chi connectivity index (χ4v) is 3.89. The third kappa shape index (κ3) is 3.93. The summed E-state index contributed by atoms with van der Waals surface area (Å²) in [4.78, 5) is 15.8.